The third-order valence-corrected chi connectivity index (χ3v) is 1.47. The lowest BCUT2D eigenvalue weighted by molar-refractivity contribution is -0.118. The lowest BCUT2D eigenvalue weighted by Crippen LogP contribution is -2.01. The first-order valence-corrected chi connectivity index (χ1v) is 3.86. The monoisotopic (exact) mass is 144 g/mol. The van der Waals surface area contributed by atoms with Crippen molar-refractivity contribution in [1.29, 1.82) is 0 Å². The molecule has 1 N–H and O–H groups in total. The van der Waals surface area contributed by atoms with Gasteiger partial charge in [0.15, 0.2) is 0 Å². The minimum Gasteiger partial charge on any atom is -0.393 e. The van der Waals surface area contributed by atoms with Crippen LogP contribution < -0.4 is 0 Å². The van der Waals surface area contributed by atoms with Crippen molar-refractivity contribution in [2.45, 2.75) is 45.6 Å². The second-order valence-electron chi connectivity index (χ2n) is 2.63. The Morgan fingerprint density at radius 2 is 2.20 bits per heavy atom. The molecule has 0 saturated carbocycles. The molecule has 0 amide bonds. The Morgan fingerprint density at radius 1 is 1.60 bits per heavy atom. The summed E-state index contributed by atoms with van der Waals surface area (Å²) in [5.41, 5.74) is 0. The topological polar surface area (TPSA) is 37.3 Å². The predicted octanol–water partition coefficient (Wildman–Crippen LogP) is 1.52. The Morgan fingerprint density at radius 3 is 2.60 bits per heavy atom. The molecule has 0 aromatic rings. The van der Waals surface area contributed by atoms with Gasteiger partial charge in [0, 0.05) is 12.8 Å². The first-order valence-electron chi connectivity index (χ1n) is 3.86. The minimum atomic E-state index is -0.260. The van der Waals surface area contributed by atoms with Crippen LogP contribution in [0, 0.1) is 0 Å². The molecule has 0 spiro atoms. The van der Waals surface area contributed by atoms with E-state index in [-0.39, 0.29) is 6.10 Å². The highest BCUT2D eigenvalue weighted by molar-refractivity contribution is 5.77. The summed E-state index contributed by atoms with van der Waals surface area (Å²) in [5, 5.41) is 8.83. The fourth-order valence-corrected chi connectivity index (χ4v) is 0.771. The second-order valence-corrected chi connectivity index (χ2v) is 2.63. The summed E-state index contributed by atoms with van der Waals surface area (Å²) in [6.45, 7) is 3.61. The van der Waals surface area contributed by atoms with E-state index in [4.69, 9.17) is 5.11 Å². The van der Waals surface area contributed by atoms with Gasteiger partial charge >= 0.3 is 0 Å². The van der Waals surface area contributed by atoms with E-state index in [9.17, 15) is 4.79 Å². The molecule has 10 heavy (non-hydrogen) atoms. The van der Waals surface area contributed by atoms with Gasteiger partial charge in [0.1, 0.15) is 5.78 Å². The molecule has 1 unspecified atom stereocenters. The fourth-order valence-electron chi connectivity index (χ4n) is 0.771. The van der Waals surface area contributed by atoms with Gasteiger partial charge in [-0.3, -0.25) is 4.79 Å². The molecule has 0 fully saturated rings. The molecule has 0 heterocycles. The van der Waals surface area contributed by atoms with Crippen LogP contribution in [0.2, 0.25) is 0 Å². The number of hydrogen-bond donors (Lipinski definition) is 1. The number of rotatable bonds is 5. The van der Waals surface area contributed by atoms with Crippen molar-refractivity contribution in [1.82, 2.24) is 0 Å². The molecule has 0 aromatic heterocycles. The summed E-state index contributed by atoms with van der Waals surface area (Å²) in [6, 6.07) is 0. The number of ketones is 1. The van der Waals surface area contributed by atoms with E-state index in [0.717, 1.165) is 12.8 Å². The summed E-state index contributed by atoms with van der Waals surface area (Å²) in [5.74, 6) is 0.292. The van der Waals surface area contributed by atoms with Gasteiger partial charge in [-0.2, -0.15) is 0 Å². The van der Waals surface area contributed by atoms with Crippen LogP contribution in [0.3, 0.4) is 0 Å². The normalized spacial score (nSPS) is 13.1. The highest BCUT2D eigenvalue weighted by atomic mass is 16.3. The first kappa shape index (κ1) is 9.63. The summed E-state index contributed by atoms with van der Waals surface area (Å²) >= 11 is 0. The Bertz CT molecular complexity index is 97.4. The van der Waals surface area contributed by atoms with Crippen molar-refractivity contribution in [2.24, 2.45) is 0 Å². The Hall–Kier alpha value is -0.370. The molecule has 0 saturated heterocycles. The smallest absolute Gasteiger partial charge is 0.132 e. The van der Waals surface area contributed by atoms with Crippen molar-refractivity contribution >= 4 is 5.78 Å². The maximum Gasteiger partial charge on any atom is 0.132 e. The van der Waals surface area contributed by atoms with Crippen LogP contribution in [0.15, 0.2) is 0 Å². The molecule has 0 aromatic carbocycles. The van der Waals surface area contributed by atoms with Gasteiger partial charge in [-0.1, -0.05) is 6.92 Å². The molecule has 2 nitrogen and oxygen atoms in total. The Balaban J connectivity index is 3.12. The zero-order valence-electron chi connectivity index (χ0n) is 6.76. The maximum absolute atomic E-state index is 10.7. The third-order valence-electron chi connectivity index (χ3n) is 1.47. The first-order chi connectivity index (χ1) is 4.66. The van der Waals surface area contributed by atoms with Gasteiger partial charge in [-0.05, 0) is 19.8 Å². The lowest BCUT2D eigenvalue weighted by atomic mass is 10.1. The zero-order chi connectivity index (χ0) is 7.98. The van der Waals surface area contributed by atoms with Crippen LogP contribution in [-0.4, -0.2) is 17.0 Å². The average molecular weight is 144 g/mol. The van der Waals surface area contributed by atoms with Crippen LogP contribution >= 0.6 is 0 Å². The molecule has 2 heteroatoms. The highest BCUT2D eigenvalue weighted by Crippen LogP contribution is 2.01. The third kappa shape index (κ3) is 5.76. The van der Waals surface area contributed by atoms with Crippen LogP contribution in [-0.2, 0) is 4.79 Å². The van der Waals surface area contributed by atoms with Crippen molar-refractivity contribution in [2.75, 3.05) is 0 Å². The average Bonchev–Trinajstić information content (AvgIpc) is 1.87. The SMILES string of the molecule is CCC(=O)CCCC(C)O. The van der Waals surface area contributed by atoms with Crippen LogP contribution in [0.5, 0.6) is 0 Å². The predicted molar refractivity (Wildman–Crippen MR) is 40.8 cm³/mol. The van der Waals surface area contributed by atoms with Crippen LogP contribution in [0.4, 0.5) is 0 Å². The molecule has 60 valence electrons. The van der Waals surface area contributed by atoms with Crippen molar-refractivity contribution in [3.8, 4) is 0 Å². The zero-order valence-corrected chi connectivity index (χ0v) is 6.76. The van der Waals surface area contributed by atoms with Gasteiger partial charge in [-0.25, -0.2) is 0 Å². The van der Waals surface area contributed by atoms with E-state index in [1.54, 1.807) is 6.92 Å². The van der Waals surface area contributed by atoms with Crippen molar-refractivity contribution in [3.63, 3.8) is 0 Å². The maximum atomic E-state index is 10.7. The summed E-state index contributed by atoms with van der Waals surface area (Å²) in [7, 11) is 0. The molecule has 0 aliphatic heterocycles. The van der Waals surface area contributed by atoms with E-state index in [1.165, 1.54) is 0 Å². The van der Waals surface area contributed by atoms with E-state index < -0.39 is 0 Å². The number of aliphatic hydroxyl groups excluding tert-OH is 1. The second kappa shape index (κ2) is 5.42. The van der Waals surface area contributed by atoms with Gasteiger partial charge < -0.3 is 5.11 Å². The van der Waals surface area contributed by atoms with Gasteiger partial charge in [-0.15, -0.1) is 0 Å². The van der Waals surface area contributed by atoms with E-state index >= 15 is 0 Å². The van der Waals surface area contributed by atoms with E-state index in [1.807, 2.05) is 6.92 Å². The molecule has 0 aliphatic carbocycles. The minimum absolute atomic E-state index is 0.260. The van der Waals surface area contributed by atoms with Gasteiger partial charge in [0.05, 0.1) is 6.10 Å². The lowest BCUT2D eigenvalue weighted by Gasteiger charge is -2.01. The van der Waals surface area contributed by atoms with Gasteiger partial charge in [0.25, 0.3) is 0 Å². The fraction of sp³-hybridized carbons (Fsp3) is 0.875. The quantitative estimate of drug-likeness (QED) is 0.635. The molecule has 0 aliphatic rings. The van der Waals surface area contributed by atoms with Crippen molar-refractivity contribution in [3.05, 3.63) is 0 Å². The van der Waals surface area contributed by atoms with E-state index in [0.29, 0.717) is 18.6 Å². The highest BCUT2D eigenvalue weighted by Gasteiger charge is 1.99. The summed E-state index contributed by atoms with van der Waals surface area (Å²) < 4.78 is 0. The van der Waals surface area contributed by atoms with Crippen molar-refractivity contribution < 1.29 is 9.90 Å². The Kier molecular flexibility index (Phi) is 5.22. The summed E-state index contributed by atoms with van der Waals surface area (Å²) in [6.07, 6.45) is 2.56. The summed E-state index contributed by atoms with van der Waals surface area (Å²) in [4.78, 5) is 10.7. The van der Waals surface area contributed by atoms with E-state index in [2.05, 4.69) is 0 Å². The molecule has 0 bridgehead atoms. The number of carbonyl (C=O) groups is 1. The number of Topliss-reactive ketones (excluding diaryl/α,β-unsaturated/α-hetero) is 1. The standard InChI is InChI=1S/C8H16O2/c1-3-8(10)6-4-5-7(2)9/h7,9H,3-6H2,1-2H3. The number of hydrogen-bond acceptors (Lipinski definition) is 2. The van der Waals surface area contributed by atoms with Gasteiger partial charge in [0.2, 0.25) is 0 Å². The molecule has 0 radical (unpaired) electrons. The molecular formula is C8H16O2. The Labute approximate surface area is 62.2 Å². The van der Waals surface area contributed by atoms with Crippen LogP contribution in [0.1, 0.15) is 39.5 Å². The largest absolute Gasteiger partial charge is 0.393 e. The number of aliphatic hydroxyl groups is 1. The molecule has 0 rings (SSSR count). The molecule has 1 atom stereocenters. The van der Waals surface area contributed by atoms with Crippen LogP contribution in [0.25, 0.3) is 0 Å². The number of carbonyl (C=O) groups excluding carboxylic acids is 1. The molecular weight excluding hydrogens is 128 g/mol.